The molecule has 1 heterocycles. The van der Waals surface area contributed by atoms with Crippen LogP contribution >= 0.6 is 0 Å². The summed E-state index contributed by atoms with van der Waals surface area (Å²) in [5.74, 6) is 2.76. The zero-order valence-electron chi connectivity index (χ0n) is 22.7. The molecule has 0 unspecified atom stereocenters. The molecule has 6 nitrogen and oxygen atoms in total. The maximum absolute atomic E-state index is 13.1. The summed E-state index contributed by atoms with van der Waals surface area (Å²) in [5, 5.41) is 3.11. The van der Waals surface area contributed by atoms with Crippen molar-refractivity contribution in [3.05, 3.63) is 41.6 Å². The third-order valence-corrected chi connectivity index (χ3v) is 10.4. The molecule has 0 radical (unpaired) electrons. The number of nitrogens with one attached hydrogen (secondary N) is 1. The minimum atomic E-state index is -0.552. The fraction of sp³-hybridized carbons (Fsp3) is 0.667. The molecule has 2 amide bonds. The Morgan fingerprint density at radius 3 is 2.50 bits per heavy atom. The Kier molecular flexibility index (Phi) is 6.16. The second-order valence-electron chi connectivity index (χ2n) is 12.6. The van der Waals surface area contributed by atoms with E-state index >= 15 is 0 Å². The minimum Gasteiger partial charge on any atom is -0.497 e. The van der Waals surface area contributed by atoms with Crippen LogP contribution in [0.15, 0.2) is 36.0 Å². The molecule has 0 spiro atoms. The molecule has 5 rings (SSSR count). The first-order valence-corrected chi connectivity index (χ1v) is 13.6. The van der Waals surface area contributed by atoms with Crippen LogP contribution in [-0.2, 0) is 15.1 Å². The lowest BCUT2D eigenvalue weighted by atomic mass is 9.49. The van der Waals surface area contributed by atoms with E-state index in [-0.39, 0.29) is 28.9 Å². The lowest BCUT2D eigenvalue weighted by molar-refractivity contribution is -0.136. The van der Waals surface area contributed by atoms with Crippen LogP contribution in [-0.4, -0.2) is 37.2 Å². The van der Waals surface area contributed by atoms with Crippen LogP contribution in [0.25, 0.3) is 0 Å². The van der Waals surface area contributed by atoms with Gasteiger partial charge in [-0.05, 0) is 87.8 Å². The number of fused-ring (bicyclic) bond motifs is 5. The number of methoxy groups -OCH3 is 1. The highest BCUT2D eigenvalue weighted by molar-refractivity contribution is 5.79. The van der Waals surface area contributed by atoms with Crippen LogP contribution in [0.5, 0.6) is 5.75 Å². The van der Waals surface area contributed by atoms with Gasteiger partial charge in [0.15, 0.2) is 0 Å². The van der Waals surface area contributed by atoms with E-state index in [1.165, 1.54) is 5.70 Å². The normalized spacial score (nSPS) is 35.8. The van der Waals surface area contributed by atoms with Gasteiger partial charge in [-0.2, -0.15) is 0 Å². The molecule has 6 atom stereocenters. The Bertz CT molecular complexity index is 1060. The Hall–Kier alpha value is -2.50. The van der Waals surface area contributed by atoms with Crippen molar-refractivity contribution in [2.45, 2.75) is 84.3 Å². The number of benzene rings is 1. The molecule has 6 heteroatoms. The summed E-state index contributed by atoms with van der Waals surface area (Å²) in [7, 11) is 3.60. The van der Waals surface area contributed by atoms with E-state index < -0.39 is 5.54 Å². The molecule has 0 aromatic heterocycles. The van der Waals surface area contributed by atoms with Crippen molar-refractivity contribution in [3.63, 3.8) is 0 Å². The third kappa shape index (κ3) is 3.92. The van der Waals surface area contributed by atoms with Crippen LogP contribution in [0, 0.1) is 28.6 Å². The van der Waals surface area contributed by atoms with Gasteiger partial charge in [0.25, 0.3) is 0 Å². The number of piperidine rings is 1. The largest absolute Gasteiger partial charge is 0.497 e. The Morgan fingerprint density at radius 1 is 1.08 bits per heavy atom. The number of carbonyl (C=O) groups is 2. The molecule has 196 valence electrons. The highest BCUT2D eigenvalue weighted by Gasteiger charge is 2.60. The topological polar surface area (TPSA) is 67.9 Å². The number of alkyl carbamates (subject to hydrolysis) is 1. The number of nitrogens with zero attached hydrogens (tertiary/aromatic N) is 1. The van der Waals surface area contributed by atoms with Crippen molar-refractivity contribution < 1.29 is 19.1 Å². The van der Waals surface area contributed by atoms with Gasteiger partial charge >= 0.3 is 6.09 Å². The Morgan fingerprint density at radius 2 is 1.81 bits per heavy atom. The number of amides is 2. The van der Waals surface area contributed by atoms with Gasteiger partial charge in [0, 0.05) is 30.0 Å². The van der Waals surface area contributed by atoms with Crippen molar-refractivity contribution in [2.75, 3.05) is 14.2 Å². The third-order valence-electron chi connectivity index (χ3n) is 10.4. The number of rotatable bonds is 4. The number of likely N-dealkylation sites (tertiary alicyclic amines) is 1. The van der Waals surface area contributed by atoms with Crippen molar-refractivity contribution in [1.82, 2.24) is 10.2 Å². The smallest absolute Gasteiger partial charge is 0.408 e. The molecule has 3 aliphatic carbocycles. The highest BCUT2D eigenvalue weighted by Crippen LogP contribution is 2.64. The van der Waals surface area contributed by atoms with Gasteiger partial charge in [0.1, 0.15) is 11.9 Å². The zero-order valence-corrected chi connectivity index (χ0v) is 22.7. The van der Waals surface area contributed by atoms with Gasteiger partial charge in [0.05, 0.1) is 12.6 Å². The quantitative estimate of drug-likeness (QED) is 0.556. The molecule has 36 heavy (non-hydrogen) atoms. The Labute approximate surface area is 215 Å². The number of allylic oxidation sites excluding steroid dienone is 2. The van der Waals surface area contributed by atoms with E-state index in [4.69, 9.17) is 9.47 Å². The molecular formula is C30H42N2O4. The first-order chi connectivity index (χ1) is 17.0. The zero-order chi connectivity index (χ0) is 25.9. The van der Waals surface area contributed by atoms with Crippen molar-refractivity contribution in [1.29, 1.82) is 0 Å². The van der Waals surface area contributed by atoms with E-state index in [1.54, 1.807) is 7.11 Å². The molecule has 2 saturated carbocycles. The predicted molar refractivity (Wildman–Crippen MR) is 139 cm³/mol. The van der Waals surface area contributed by atoms with Crippen LogP contribution < -0.4 is 10.1 Å². The fourth-order valence-corrected chi connectivity index (χ4v) is 8.22. The van der Waals surface area contributed by atoms with Crippen molar-refractivity contribution in [3.8, 4) is 5.75 Å². The average Bonchev–Trinajstić information content (AvgIpc) is 3.17. The summed E-state index contributed by atoms with van der Waals surface area (Å²) in [6, 6.07) is 7.79. The summed E-state index contributed by atoms with van der Waals surface area (Å²) >= 11 is 0. The first-order valence-electron chi connectivity index (χ1n) is 13.6. The summed E-state index contributed by atoms with van der Waals surface area (Å²) in [5.41, 5.74) is 1.77. The molecule has 1 aromatic carbocycles. The van der Waals surface area contributed by atoms with Crippen LogP contribution in [0.1, 0.15) is 78.2 Å². The van der Waals surface area contributed by atoms with Crippen LogP contribution in [0.3, 0.4) is 0 Å². The van der Waals surface area contributed by atoms with E-state index in [0.29, 0.717) is 24.2 Å². The van der Waals surface area contributed by atoms with E-state index in [9.17, 15) is 9.59 Å². The minimum absolute atomic E-state index is 0.000847. The van der Waals surface area contributed by atoms with Crippen molar-refractivity contribution in [2.24, 2.45) is 28.6 Å². The van der Waals surface area contributed by atoms with Gasteiger partial charge in [-0.3, -0.25) is 4.79 Å². The standard InChI is InChI=1S/C30H42N2O4/c1-28(2,19-7-9-20(35-6)10-8-19)31-27(34)36-25-14-12-22-21-11-13-24-29(3,18-16-26(33)32(24)5)23(21)15-17-30(22,25)4/h7-10,13,21-23,25H,11-12,14-18H2,1-6H3,(H,31,34)/t21-,22-,23-,25-,29+,30-/m0/s1. The molecule has 1 N–H and O–H groups in total. The summed E-state index contributed by atoms with van der Waals surface area (Å²) < 4.78 is 11.4. The second kappa shape index (κ2) is 8.81. The number of ether oxygens (including phenoxy) is 2. The van der Waals surface area contributed by atoms with Crippen LogP contribution in [0.2, 0.25) is 0 Å². The van der Waals surface area contributed by atoms with Gasteiger partial charge in [-0.1, -0.05) is 32.1 Å². The molecular weight excluding hydrogens is 452 g/mol. The monoisotopic (exact) mass is 494 g/mol. The SMILES string of the molecule is COc1ccc(C(C)(C)NC(=O)O[C@H]2CC[C@H]3[C@@H]4CC=C5N(C)C(=O)CC[C@]5(C)[C@H]4CC[C@]23C)cc1. The second-order valence-corrected chi connectivity index (χ2v) is 12.6. The predicted octanol–water partition coefficient (Wildman–Crippen LogP) is 6.01. The lowest BCUT2D eigenvalue weighted by Gasteiger charge is -2.58. The molecule has 1 aromatic rings. The summed E-state index contributed by atoms with van der Waals surface area (Å²) in [6.07, 6.45) is 8.79. The maximum atomic E-state index is 13.1. The Balaban J connectivity index is 1.28. The van der Waals surface area contributed by atoms with Gasteiger partial charge in [-0.25, -0.2) is 4.79 Å². The van der Waals surface area contributed by atoms with Crippen molar-refractivity contribution >= 4 is 12.0 Å². The van der Waals surface area contributed by atoms with E-state index in [2.05, 4.69) is 25.2 Å². The first kappa shape index (κ1) is 25.2. The molecule has 1 aliphatic heterocycles. The summed E-state index contributed by atoms with van der Waals surface area (Å²) in [4.78, 5) is 27.4. The molecule has 0 bridgehead atoms. The van der Waals surface area contributed by atoms with E-state index in [0.717, 1.165) is 49.8 Å². The molecule has 1 saturated heterocycles. The number of carbonyl (C=O) groups excluding carboxylic acids is 2. The fourth-order valence-electron chi connectivity index (χ4n) is 8.22. The van der Waals surface area contributed by atoms with E-state index in [1.807, 2.05) is 50.1 Å². The number of hydrogen-bond donors (Lipinski definition) is 1. The van der Waals surface area contributed by atoms with Gasteiger partial charge in [0.2, 0.25) is 5.91 Å². The van der Waals surface area contributed by atoms with Crippen LogP contribution in [0.4, 0.5) is 4.79 Å². The average molecular weight is 495 g/mol. The maximum Gasteiger partial charge on any atom is 0.408 e. The lowest BCUT2D eigenvalue weighted by Crippen LogP contribution is -2.54. The molecule has 3 fully saturated rings. The molecule has 4 aliphatic rings. The van der Waals surface area contributed by atoms with Gasteiger partial charge in [-0.15, -0.1) is 0 Å². The van der Waals surface area contributed by atoms with Gasteiger partial charge < -0.3 is 19.7 Å². The number of hydrogen-bond acceptors (Lipinski definition) is 4. The summed E-state index contributed by atoms with van der Waals surface area (Å²) in [6.45, 7) is 8.74. The highest BCUT2D eigenvalue weighted by atomic mass is 16.6.